The van der Waals surface area contributed by atoms with E-state index in [2.05, 4.69) is 10.1 Å². The third kappa shape index (κ3) is 1.93. The van der Waals surface area contributed by atoms with Gasteiger partial charge in [0.05, 0.1) is 18.2 Å². The fourth-order valence-electron chi connectivity index (χ4n) is 1.54. The summed E-state index contributed by atoms with van der Waals surface area (Å²) in [5.41, 5.74) is -0.264. The SMILES string of the molecule is COC(=O)Nc1c(F)cc(F)c2oc(C)cc12. The molecule has 0 unspecified atom stereocenters. The Bertz CT molecular complexity index is 592. The summed E-state index contributed by atoms with van der Waals surface area (Å²) in [5, 5.41) is 2.34. The van der Waals surface area contributed by atoms with E-state index in [0.29, 0.717) is 11.8 Å². The van der Waals surface area contributed by atoms with Gasteiger partial charge in [-0.2, -0.15) is 0 Å². The Hall–Kier alpha value is -2.11. The topological polar surface area (TPSA) is 51.5 Å². The number of halogens is 2. The second kappa shape index (κ2) is 4.04. The van der Waals surface area contributed by atoms with Crippen LogP contribution in [0, 0.1) is 18.6 Å². The van der Waals surface area contributed by atoms with Gasteiger partial charge in [-0.25, -0.2) is 13.6 Å². The van der Waals surface area contributed by atoms with Crippen LogP contribution in [0.2, 0.25) is 0 Å². The Labute approximate surface area is 95.2 Å². The van der Waals surface area contributed by atoms with Gasteiger partial charge < -0.3 is 9.15 Å². The van der Waals surface area contributed by atoms with Gasteiger partial charge in [0.2, 0.25) is 0 Å². The highest BCUT2D eigenvalue weighted by molar-refractivity contribution is 5.99. The Morgan fingerprint density at radius 1 is 1.35 bits per heavy atom. The average molecular weight is 241 g/mol. The number of carbonyl (C=O) groups is 1. The van der Waals surface area contributed by atoms with Crippen LogP contribution < -0.4 is 5.32 Å². The van der Waals surface area contributed by atoms with Crippen molar-refractivity contribution >= 4 is 22.7 Å². The fraction of sp³-hybridized carbons (Fsp3) is 0.182. The van der Waals surface area contributed by atoms with E-state index in [-0.39, 0.29) is 16.7 Å². The number of hydrogen-bond donors (Lipinski definition) is 1. The molecule has 0 atom stereocenters. The zero-order valence-corrected chi connectivity index (χ0v) is 9.14. The van der Waals surface area contributed by atoms with Crippen LogP contribution in [0.4, 0.5) is 19.3 Å². The molecule has 17 heavy (non-hydrogen) atoms. The van der Waals surface area contributed by atoms with E-state index >= 15 is 0 Å². The van der Waals surface area contributed by atoms with Crippen molar-refractivity contribution in [3.63, 3.8) is 0 Å². The molecular weight excluding hydrogens is 232 g/mol. The molecule has 2 rings (SSSR count). The number of amides is 1. The lowest BCUT2D eigenvalue weighted by Crippen LogP contribution is -2.12. The van der Waals surface area contributed by atoms with E-state index in [1.165, 1.54) is 6.07 Å². The maximum Gasteiger partial charge on any atom is 0.411 e. The van der Waals surface area contributed by atoms with Gasteiger partial charge in [0.1, 0.15) is 5.76 Å². The highest BCUT2D eigenvalue weighted by atomic mass is 19.1. The number of aryl methyl sites for hydroxylation is 1. The highest BCUT2D eigenvalue weighted by Crippen LogP contribution is 2.31. The van der Waals surface area contributed by atoms with Gasteiger partial charge in [-0.15, -0.1) is 0 Å². The van der Waals surface area contributed by atoms with Crippen molar-refractivity contribution < 1.29 is 22.7 Å². The standard InChI is InChI=1S/C11H9F2NO3/c1-5-3-6-9(14-11(15)16-2)7(12)4-8(13)10(6)17-5/h3-4H,1-2H3,(H,14,15). The van der Waals surface area contributed by atoms with E-state index in [1.54, 1.807) is 6.92 Å². The zero-order chi connectivity index (χ0) is 12.6. The van der Waals surface area contributed by atoms with Crippen LogP contribution in [0.15, 0.2) is 16.5 Å². The summed E-state index contributed by atoms with van der Waals surface area (Å²) in [5.74, 6) is -1.29. The summed E-state index contributed by atoms with van der Waals surface area (Å²) < 4.78 is 36.3. The number of rotatable bonds is 1. The lowest BCUT2D eigenvalue weighted by atomic mass is 10.2. The van der Waals surface area contributed by atoms with E-state index in [1.807, 2.05) is 0 Å². The molecule has 4 nitrogen and oxygen atoms in total. The number of nitrogens with one attached hydrogen (secondary N) is 1. The molecule has 0 aliphatic carbocycles. The Kier molecular flexibility index (Phi) is 2.71. The Morgan fingerprint density at radius 3 is 2.71 bits per heavy atom. The maximum atomic E-state index is 13.5. The largest absolute Gasteiger partial charge is 0.458 e. The van der Waals surface area contributed by atoms with Crippen molar-refractivity contribution in [1.29, 1.82) is 0 Å². The van der Waals surface area contributed by atoms with Gasteiger partial charge in [-0.3, -0.25) is 5.32 Å². The van der Waals surface area contributed by atoms with Crippen molar-refractivity contribution in [3.8, 4) is 0 Å². The predicted molar refractivity (Wildman–Crippen MR) is 56.9 cm³/mol. The van der Waals surface area contributed by atoms with Crippen LogP contribution in [-0.2, 0) is 4.74 Å². The molecule has 0 radical (unpaired) electrons. The first-order valence-electron chi connectivity index (χ1n) is 4.76. The van der Waals surface area contributed by atoms with Crippen LogP contribution in [-0.4, -0.2) is 13.2 Å². The van der Waals surface area contributed by atoms with Crippen LogP contribution in [0.25, 0.3) is 11.0 Å². The molecule has 90 valence electrons. The molecule has 1 amide bonds. The smallest absolute Gasteiger partial charge is 0.411 e. The minimum Gasteiger partial charge on any atom is -0.458 e. The lowest BCUT2D eigenvalue weighted by Gasteiger charge is -2.06. The normalized spacial score (nSPS) is 10.6. The number of carbonyl (C=O) groups excluding carboxylic acids is 1. The molecule has 2 aromatic rings. The number of methoxy groups -OCH3 is 1. The molecule has 1 heterocycles. The van der Waals surface area contributed by atoms with Crippen molar-refractivity contribution in [2.75, 3.05) is 12.4 Å². The molecule has 0 fully saturated rings. The predicted octanol–water partition coefficient (Wildman–Crippen LogP) is 3.20. The van der Waals surface area contributed by atoms with Crippen molar-refractivity contribution in [2.24, 2.45) is 0 Å². The number of furan rings is 1. The second-order valence-corrected chi connectivity index (χ2v) is 3.43. The highest BCUT2D eigenvalue weighted by Gasteiger charge is 2.18. The summed E-state index contributed by atoms with van der Waals surface area (Å²) in [6.07, 6.45) is -0.837. The minimum absolute atomic E-state index is 0.102. The first-order valence-corrected chi connectivity index (χ1v) is 4.76. The van der Waals surface area contributed by atoms with Gasteiger partial charge in [-0.1, -0.05) is 0 Å². The van der Waals surface area contributed by atoms with Gasteiger partial charge >= 0.3 is 6.09 Å². The molecule has 1 N–H and O–H groups in total. The quantitative estimate of drug-likeness (QED) is 0.834. The molecule has 0 bridgehead atoms. The summed E-state index contributed by atoms with van der Waals surface area (Å²) in [6.45, 7) is 1.60. The summed E-state index contributed by atoms with van der Waals surface area (Å²) >= 11 is 0. The van der Waals surface area contributed by atoms with Gasteiger partial charge in [0, 0.05) is 6.07 Å². The molecular formula is C11H9F2NO3. The second-order valence-electron chi connectivity index (χ2n) is 3.43. The van der Waals surface area contributed by atoms with Gasteiger partial charge in [-0.05, 0) is 13.0 Å². The van der Waals surface area contributed by atoms with Crippen LogP contribution in [0.1, 0.15) is 5.76 Å². The number of benzene rings is 1. The molecule has 6 heteroatoms. The van der Waals surface area contributed by atoms with E-state index < -0.39 is 17.7 Å². The van der Waals surface area contributed by atoms with Crippen molar-refractivity contribution in [1.82, 2.24) is 0 Å². The molecule has 0 spiro atoms. The Morgan fingerprint density at radius 2 is 2.06 bits per heavy atom. The zero-order valence-electron chi connectivity index (χ0n) is 9.14. The number of ether oxygens (including phenoxy) is 1. The first-order chi connectivity index (χ1) is 8.02. The third-order valence-electron chi connectivity index (χ3n) is 2.25. The number of fused-ring (bicyclic) bond motifs is 1. The summed E-state index contributed by atoms with van der Waals surface area (Å²) in [6, 6.07) is 2.09. The summed E-state index contributed by atoms with van der Waals surface area (Å²) in [4.78, 5) is 11.0. The third-order valence-corrected chi connectivity index (χ3v) is 2.25. The van der Waals surface area contributed by atoms with Crippen molar-refractivity contribution in [2.45, 2.75) is 6.92 Å². The van der Waals surface area contributed by atoms with Gasteiger partial charge in [0.25, 0.3) is 0 Å². The van der Waals surface area contributed by atoms with Crippen molar-refractivity contribution in [3.05, 3.63) is 29.5 Å². The number of anilines is 1. The molecule has 0 aliphatic heterocycles. The lowest BCUT2D eigenvalue weighted by molar-refractivity contribution is 0.187. The number of hydrogen-bond acceptors (Lipinski definition) is 3. The Balaban J connectivity index is 2.64. The van der Waals surface area contributed by atoms with Crippen LogP contribution in [0.5, 0.6) is 0 Å². The fourth-order valence-corrected chi connectivity index (χ4v) is 1.54. The van der Waals surface area contributed by atoms with Crippen LogP contribution >= 0.6 is 0 Å². The molecule has 1 aromatic carbocycles. The summed E-state index contributed by atoms with van der Waals surface area (Å²) in [7, 11) is 1.15. The van der Waals surface area contributed by atoms with E-state index in [0.717, 1.165) is 7.11 Å². The minimum atomic E-state index is -0.888. The van der Waals surface area contributed by atoms with Gasteiger partial charge in [0.15, 0.2) is 17.2 Å². The molecule has 1 aromatic heterocycles. The molecule has 0 saturated carbocycles. The van der Waals surface area contributed by atoms with E-state index in [4.69, 9.17) is 4.42 Å². The average Bonchev–Trinajstić information content (AvgIpc) is 2.66. The first kappa shape index (κ1) is 11.4. The molecule has 0 aliphatic rings. The van der Waals surface area contributed by atoms with E-state index in [9.17, 15) is 13.6 Å². The maximum absolute atomic E-state index is 13.5. The molecule has 0 saturated heterocycles. The monoisotopic (exact) mass is 241 g/mol. The van der Waals surface area contributed by atoms with Crippen LogP contribution in [0.3, 0.4) is 0 Å².